The summed E-state index contributed by atoms with van der Waals surface area (Å²) in [5.41, 5.74) is 0. The number of unbranched alkanes of at least 4 members (excludes halogenated alkanes) is 12. The van der Waals surface area contributed by atoms with Gasteiger partial charge in [0.05, 0.1) is 32.0 Å². The van der Waals surface area contributed by atoms with Crippen LogP contribution >= 0.6 is 15.6 Å². The number of hydrogen-bond acceptors (Lipinski definition) is 11. The number of aliphatic hydroxyl groups excluding tert-OH is 1. The van der Waals surface area contributed by atoms with Crippen molar-refractivity contribution in [2.45, 2.75) is 180 Å². The van der Waals surface area contributed by atoms with Gasteiger partial charge in [0.15, 0.2) is 6.10 Å². The van der Waals surface area contributed by atoms with Crippen LogP contribution in [0.3, 0.4) is 0 Å². The minimum atomic E-state index is -4.88. The molecule has 4 N–H and O–H groups in total. The number of ether oxygens (including phenoxy) is 3. The van der Waals surface area contributed by atoms with E-state index in [2.05, 4.69) is 83.7 Å². The van der Waals surface area contributed by atoms with Gasteiger partial charge in [0.2, 0.25) is 0 Å². The van der Waals surface area contributed by atoms with E-state index in [1.54, 1.807) is 0 Å². The highest BCUT2D eigenvalue weighted by molar-refractivity contribution is 7.47. The van der Waals surface area contributed by atoms with E-state index in [0.717, 1.165) is 64.2 Å². The molecule has 346 valence electrons. The van der Waals surface area contributed by atoms with Crippen LogP contribution in [0.5, 0.6) is 0 Å². The average Bonchev–Trinajstić information content (AvgIpc) is 3.96. The van der Waals surface area contributed by atoms with Gasteiger partial charge in [0.25, 0.3) is 0 Å². The summed E-state index contributed by atoms with van der Waals surface area (Å²) >= 11 is 0. The van der Waals surface area contributed by atoms with Crippen LogP contribution in [-0.4, -0.2) is 82.6 Å². The standard InChI is InChI=1S/C44H76O14P2/c1-3-5-7-9-11-13-15-17-18-19-21-23-25-27-29-33-43(46)53-37-40(38-56-60(51,52)55-36-39(45)35-54-59(48,49)50)57-44(47)34-30-32-42-41(58-42)31-28-26-24-22-20-16-14-12-10-8-6-4-2/h12-15,17-18,20,22,26,28,39-42,45H,3-11,16,19,21,23-25,27,29-38H2,1-2H3,(H,51,52)(H2,48,49,50)/b14-12-,15-13-,18-17-,22-20-,28-26-/t39-,40+,41?,42?/m0/s1. The topological polar surface area (TPSA) is 208 Å². The molecule has 0 saturated carbocycles. The van der Waals surface area contributed by atoms with E-state index < -0.39 is 66.2 Å². The third-order valence-electron chi connectivity index (χ3n) is 9.32. The van der Waals surface area contributed by atoms with Crippen molar-refractivity contribution in [3.63, 3.8) is 0 Å². The number of carbonyl (C=O) groups is 2. The van der Waals surface area contributed by atoms with Crippen molar-refractivity contribution in [1.29, 1.82) is 0 Å². The highest BCUT2D eigenvalue weighted by atomic mass is 31.2. The first-order valence-electron chi connectivity index (χ1n) is 22.1. The third kappa shape index (κ3) is 36.4. The molecule has 60 heavy (non-hydrogen) atoms. The molecule has 1 fully saturated rings. The Labute approximate surface area is 359 Å². The Balaban J connectivity index is 2.43. The molecule has 5 atom stereocenters. The van der Waals surface area contributed by atoms with Crippen LogP contribution in [0.4, 0.5) is 0 Å². The quantitative estimate of drug-likeness (QED) is 0.0113. The minimum absolute atomic E-state index is 0.0371. The molecule has 0 spiro atoms. The van der Waals surface area contributed by atoms with E-state index in [0.29, 0.717) is 19.3 Å². The van der Waals surface area contributed by atoms with Crippen molar-refractivity contribution in [2.24, 2.45) is 0 Å². The second-order valence-corrected chi connectivity index (χ2v) is 17.7. The largest absolute Gasteiger partial charge is 0.472 e. The molecule has 1 rings (SSSR count). The molecule has 1 saturated heterocycles. The number of epoxide rings is 1. The molecule has 1 heterocycles. The lowest BCUT2D eigenvalue weighted by Gasteiger charge is -2.20. The van der Waals surface area contributed by atoms with Gasteiger partial charge in [-0.05, 0) is 77.0 Å². The van der Waals surface area contributed by atoms with Crippen molar-refractivity contribution >= 4 is 27.6 Å². The number of phosphoric ester groups is 2. The minimum Gasteiger partial charge on any atom is -0.462 e. The van der Waals surface area contributed by atoms with Crippen molar-refractivity contribution in [3.05, 3.63) is 60.8 Å². The second-order valence-electron chi connectivity index (χ2n) is 15.0. The van der Waals surface area contributed by atoms with Gasteiger partial charge in [-0.25, -0.2) is 9.13 Å². The Hall–Kier alpha value is -2.22. The molecule has 14 nitrogen and oxygen atoms in total. The molecule has 3 unspecified atom stereocenters. The Morgan fingerprint density at radius 1 is 0.600 bits per heavy atom. The smallest absolute Gasteiger partial charge is 0.462 e. The van der Waals surface area contributed by atoms with Gasteiger partial charge in [0, 0.05) is 12.8 Å². The van der Waals surface area contributed by atoms with Gasteiger partial charge < -0.3 is 34.0 Å². The van der Waals surface area contributed by atoms with Crippen molar-refractivity contribution < 1.29 is 66.3 Å². The molecular weight excluding hydrogens is 814 g/mol. The lowest BCUT2D eigenvalue weighted by molar-refractivity contribution is -0.161. The normalized spacial score (nSPS) is 18.0. The maximum absolute atomic E-state index is 12.7. The number of allylic oxidation sites excluding steroid dienone is 9. The molecule has 0 aliphatic carbocycles. The summed E-state index contributed by atoms with van der Waals surface area (Å²) in [6.07, 6.45) is 39.4. The number of rotatable bonds is 40. The fourth-order valence-electron chi connectivity index (χ4n) is 5.84. The Morgan fingerprint density at radius 3 is 1.82 bits per heavy atom. The zero-order valence-corrected chi connectivity index (χ0v) is 38.0. The number of carbonyl (C=O) groups excluding carboxylic acids is 2. The Bertz CT molecular complexity index is 1360. The van der Waals surface area contributed by atoms with Crippen LogP contribution in [0, 0.1) is 0 Å². The predicted molar refractivity (Wildman–Crippen MR) is 234 cm³/mol. The highest BCUT2D eigenvalue weighted by Gasteiger charge is 2.37. The van der Waals surface area contributed by atoms with Crippen LogP contribution in [0.15, 0.2) is 60.8 Å². The highest BCUT2D eigenvalue weighted by Crippen LogP contribution is 2.44. The Morgan fingerprint density at radius 2 is 1.13 bits per heavy atom. The van der Waals surface area contributed by atoms with Crippen molar-refractivity contribution in [2.75, 3.05) is 26.4 Å². The van der Waals surface area contributed by atoms with Gasteiger partial charge in [-0.15, -0.1) is 0 Å². The summed E-state index contributed by atoms with van der Waals surface area (Å²) in [5.74, 6) is -1.13. The number of aliphatic hydroxyl groups is 1. The fraction of sp³-hybridized carbons (Fsp3) is 0.727. The molecule has 0 radical (unpaired) electrons. The van der Waals surface area contributed by atoms with Gasteiger partial charge in [-0.1, -0.05) is 126 Å². The van der Waals surface area contributed by atoms with E-state index in [1.165, 1.54) is 44.9 Å². The average molecular weight is 891 g/mol. The first kappa shape index (κ1) is 55.8. The molecular formula is C44H76O14P2. The first-order valence-corrected chi connectivity index (χ1v) is 25.1. The summed E-state index contributed by atoms with van der Waals surface area (Å²) in [5, 5.41) is 9.76. The predicted octanol–water partition coefficient (Wildman–Crippen LogP) is 10.2. The van der Waals surface area contributed by atoms with E-state index in [-0.39, 0.29) is 25.0 Å². The van der Waals surface area contributed by atoms with Gasteiger partial charge in [-0.3, -0.25) is 23.2 Å². The summed E-state index contributed by atoms with van der Waals surface area (Å²) in [6.45, 7) is 1.60. The molecule has 0 aromatic heterocycles. The van der Waals surface area contributed by atoms with Crippen LogP contribution in [0.1, 0.15) is 155 Å². The number of phosphoric acid groups is 2. The maximum atomic E-state index is 12.7. The van der Waals surface area contributed by atoms with Crippen LogP contribution in [0.25, 0.3) is 0 Å². The lowest BCUT2D eigenvalue weighted by atomic mass is 10.1. The van der Waals surface area contributed by atoms with E-state index in [9.17, 15) is 28.7 Å². The molecule has 0 bridgehead atoms. The molecule has 0 aromatic rings. The van der Waals surface area contributed by atoms with Gasteiger partial charge in [0.1, 0.15) is 12.7 Å². The monoisotopic (exact) mass is 890 g/mol. The molecule has 1 aliphatic rings. The lowest BCUT2D eigenvalue weighted by Crippen LogP contribution is -2.30. The fourth-order valence-corrected chi connectivity index (χ4v) is 6.99. The zero-order valence-electron chi connectivity index (χ0n) is 36.2. The summed E-state index contributed by atoms with van der Waals surface area (Å²) in [6, 6.07) is 0. The number of esters is 2. The van der Waals surface area contributed by atoms with E-state index >= 15 is 0 Å². The van der Waals surface area contributed by atoms with Crippen LogP contribution in [-0.2, 0) is 46.5 Å². The molecule has 0 amide bonds. The zero-order chi connectivity index (χ0) is 44.2. The van der Waals surface area contributed by atoms with E-state index in [1.807, 2.05) is 0 Å². The first-order chi connectivity index (χ1) is 28.8. The van der Waals surface area contributed by atoms with Gasteiger partial charge in [-0.2, -0.15) is 0 Å². The summed E-state index contributed by atoms with van der Waals surface area (Å²) < 4.78 is 53.5. The summed E-state index contributed by atoms with van der Waals surface area (Å²) in [4.78, 5) is 52.8. The van der Waals surface area contributed by atoms with Crippen LogP contribution < -0.4 is 0 Å². The third-order valence-corrected chi connectivity index (χ3v) is 10.8. The SMILES string of the molecule is CCCCC/C=C\C/C=C\C/C=C\CC1OC1CCCC(=O)O[C@H](COC(=O)CCCCCCC/C=C\C=C/CCCCCC)COP(=O)(O)OC[C@@H](O)COP(=O)(O)O. The van der Waals surface area contributed by atoms with Crippen molar-refractivity contribution in [1.82, 2.24) is 0 Å². The van der Waals surface area contributed by atoms with Crippen molar-refractivity contribution in [3.8, 4) is 0 Å². The second kappa shape index (κ2) is 36.3. The summed E-state index contributed by atoms with van der Waals surface area (Å²) in [7, 11) is -9.71. The maximum Gasteiger partial charge on any atom is 0.472 e. The molecule has 0 aromatic carbocycles. The van der Waals surface area contributed by atoms with Gasteiger partial charge >= 0.3 is 27.6 Å². The van der Waals surface area contributed by atoms with Crippen LogP contribution in [0.2, 0.25) is 0 Å². The van der Waals surface area contributed by atoms with E-state index in [4.69, 9.17) is 28.5 Å². The number of hydrogen-bond donors (Lipinski definition) is 4. The molecule has 16 heteroatoms. The Kier molecular flexibility index (Phi) is 33.7. The molecule has 1 aliphatic heterocycles.